The number of aryl methyl sites for hydroxylation is 1. The van der Waals surface area contributed by atoms with Gasteiger partial charge in [-0.1, -0.05) is 60.7 Å². The summed E-state index contributed by atoms with van der Waals surface area (Å²) in [6.45, 7) is 4.62. The van der Waals surface area contributed by atoms with Crippen molar-refractivity contribution < 1.29 is 0 Å². The zero-order valence-corrected chi connectivity index (χ0v) is 19.3. The van der Waals surface area contributed by atoms with Crippen LogP contribution in [0.15, 0.2) is 67.0 Å². The molecule has 1 fully saturated rings. The third-order valence-corrected chi connectivity index (χ3v) is 7.29. The number of anilines is 1. The lowest BCUT2D eigenvalue weighted by Crippen LogP contribution is -2.48. The molecule has 2 aromatic heterocycles. The molecule has 4 aromatic rings. The molecule has 0 saturated carbocycles. The molecular weight excluding hydrogens is 420 g/mol. The fourth-order valence-corrected chi connectivity index (χ4v) is 5.70. The van der Waals surface area contributed by atoms with Crippen molar-refractivity contribution in [3.05, 3.63) is 89.4 Å². The standard InChI is InChI=1S/C28H28N6/c29-19-23-24-13-7-8-14-34(24)27-25(23)30-20-31-28(27)33-17-15-32(16-18-33)26(21-9-3-1-4-10-21)22-11-5-2-6-12-22/h1-6,9-12,20,26H,7-8,13-18H2. The minimum absolute atomic E-state index is 0.237. The normalized spacial score (nSPS) is 16.5. The van der Waals surface area contributed by atoms with Gasteiger partial charge in [-0.3, -0.25) is 4.90 Å². The predicted molar refractivity (Wildman–Crippen MR) is 134 cm³/mol. The minimum atomic E-state index is 0.237. The lowest BCUT2D eigenvalue weighted by Gasteiger charge is -2.40. The molecule has 1 saturated heterocycles. The molecule has 0 bridgehead atoms. The Morgan fingerprint density at radius 1 is 0.794 bits per heavy atom. The molecule has 4 heterocycles. The van der Waals surface area contributed by atoms with E-state index in [2.05, 4.69) is 86.1 Å². The van der Waals surface area contributed by atoms with Gasteiger partial charge < -0.3 is 9.47 Å². The SMILES string of the molecule is N#Cc1c2n(c3c(N4CCN(C(c5ccccc5)c5ccccc5)CC4)ncnc13)CCCC2. The maximum absolute atomic E-state index is 9.85. The summed E-state index contributed by atoms with van der Waals surface area (Å²) < 4.78 is 2.32. The molecule has 2 aromatic carbocycles. The summed E-state index contributed by atoms with van der Waals surface area (Å²) in [5, 5.41) is 9.85. The highest BCUT2D eigenvalue weighted by Crippen LogP contribution is 2.35. The van der Waals surface area contributed by atoms with Gasteiger partial charge in [-0.05, 0) is 30.4 Å². The topological polar surface area (TPSA) is 61.0 Å². The summed E-state index contributed by atoms with van der Waals surface area (Å²) >= 11 is 0. The molecule has 0 N–H and O–H groups in total. The highest BCUT2D eigenvalue weighted by molar-refractivity contribution is 5.92. The second-order valence-electron chi connectivity index (χ2n) is 9.18. The van der Waals surface area contributed by atoms with E-state index in [-0.39, 0.29) is 6.04 Å². The molecule has 170 valence electrons. The van der Waals surface area contributed by atoms with Crippen LogP contribution >= 0.6 is 0 Å². The number of piperazine rings is 1. The summed E-state index contributed by atoms with van der Waals surface area (Å²) in [5.41, 5.74) is 6.39. The summed E-state index contributed by atoms with van der Waals surface area (Å²) in [5.74, 6) is 0.977. The minimum Gasteiger partial charge on any atom is -0.352 e. The van der Waals surface area contributed by atoms with Crippen LogP contribution in [0.4, 0.5) is 5.82 Å². The molecule has 34 heavy (non-hydrogen) atoms. The second-order valence-corrected chi connectivity index (χ2v) is 9.18. The van der Waals surface area contributed by atoms with Gasteiger partial charge in [-0.25, -0.2) is 9.97 Å². The van der Waals surface area contributed by atoms with Crippen molar-refractivity contribution in [1.82, 2.24) is 19.4 Å². The molecule has 6 nitrogen and oxygen atoms in total. The van der Waals surface area contributed by atoms with Gasteiger partial charge in [-0.15, -0.1) is 0 Å². The van der Waals surface area contributed by atoms with E-state index >= 15 is 0 Å². The van der Waals surface area contributed by atoms with Crippen molar-refractivity contribution in [2.45, 2.75) is 31.8 Å². The van der Waals surface area contributed by atoms with Crippen LogP contribution in [0.5, 0.6) is 0 Å². The van der Waals surface area contributed by atoms with Gasteiger partial charge in [0.25, 0.3) is 0 Å². The Kier molecular flexibility index (Phi) is 5.48. The highest BCUT2D eigenvalue weighted by Gasteiger charge is 2.30. The number of benzene rings is 2. The predicted octanol–water partition coefficient (Wildman–Crippen LogP) is 4.55. The van der Waals surface area contributed by atoms with Crippen LogP contribution < -0.4 is 4.90 Å². The fraction of sp³-hybridized carbons (Fsp3) is 0.321. The Morgan fingerprint density at radius 2 is 1.47 bits per heavy atom. The number of rotatable bonds is 4. The zero-order chi connectivity index (χ0) is 22.9. The average Bonchev–Trinajstić information content (AvgIpc) is 3.24. The van der Waals surface area contributed by atoms with Gasteiger partial charge in [-0.2, -0.15) is 5.26 Å². The van der Waals surface area contributed by atoms with E-state index in [1.807, 2.05) is 0 Å². The van der Waals surface area contributed by atoms with Crippen molar-refractivity contribution in [1.29, 1.82) is 5.26 Å². The van der Waals surface area contributed by atoms with Crippen LogP contribution in [-0.2, 0) is 13.0 Å². The lowest BCUT2D eigenvalue weighted by molar-refractivity contribution is 0.212. The van der Waals surface area contributed by atoms with Crippen molar-refractivity contribution in [2.75, 3.05) is 31.1 Å². The van der Waals surface area contributed by atoms with Gasteiger partial charge >= 0.3 is 0 Å². The molecule has 2 aliphatic rings. The molecule has 2 aliphatic heterocycles. The van der Waals surface area contributed by atoms with E-state index in [0.29, 0.717) is 0 Å². The zero-order valence-electron chi connectivity index (χ0n) is 19.3. The van der Waals surface area contributed by atoms with Crippen LogP contribution in [0, 0.1) is 11.3 Å². The second kappa shape index (κ2) is 8.92. The van der Waals surface area contributed by atoms with E-state index in [0.717, 1.165) is 80.1 Å². The molecule has 0 aliphatic carbocycles. The maximum Gasteiger partial charge on any atom is 0.156 e. The largest absolute Gasteiger partial charge is 0.352 e. The third kappa shape index (κ3) is 3.53. The molecule has 0 spiro atoms. The van der Waals surface area contributed by atoms with Crippen LogP contribution in [0.1, 0.15) is 41.3 Å². The number of nitrogens with zero attached hydrogens (tertiary/aromatic N) is 6. The van der Waals surface area contributed by atoms with Gasteiger partial charge in [0.05, 0.1) is 11.6 Å². The first-order valence-electron chi connectivity index (χ1n) is 12.2. The van der Waals surface area contributed by atoms with E-state index in [1.54, 1.807) is 6.33 Å². The number of nitriles is 1. The molecule has 6 rings (SSSR count). The summed E-state index contributed by atoms with van der Waals surface area (Å²) in [7, 11) is 0. The first-order valence-corrected chi connectivity index (χ1v) is 12.2. The Hall–Kier alpha value is -3.69. The molecule has 0 amide bonds. The summed E-state index contributed by atoms with van der Waals surface area (Å²) in [6, 6.07) is 24.3. The number of fused-ring (bicyclic) bond motifs is 3. The molecule has 0 atom stereocenters. The Morgan fingerprint density at radius 3 is 2.12 bits per heavy atom. The van der Waals surface area contributed by atoms with Gasteiger partial charge in [0.1, 0.15) is 23.4 Å². The quantitative estimate of drug-likeness (QED) is 0.458. The average molecular weight is 449 g/mol. The first-order chi connectivity index (χ1) is 16.8. The number of aromatic nitrogens is 3. The monoisotopic (exact) mass is 448 g/mol. The van der Waals surface area contributed by atoms with Crippen molar-refractivity contribution >= 4 is 16.9 Å². The summed E-state index contributed by atoms with van der Waals surface area (Å²) in [6.07, 6.45) is 4.85. The third-order valence-electron chi connectivity index (χ3n) is 7.29. The molecule has 6 heteroatoms. The van der Waals surface area contributed by atoms with Crippen molar-refractivity contribution in [3.63, 3.8) is 0 Å². The fourth-order valence-electron chi connectivity index (χ4n) is 5.70. The molecule has 0 radical (unpaired) electrons. The molecule has 0 unspecified atom stereocenters. The Bertz CT molecular complexity index is 1290. The first kappa shape index (κ1) is 20.9. The Labute approximate surface area is 200 Å². The van der Waals surface area contributed by atoms with Gasteiger partial charge in [0, 0.05) is 38.4 Å². The van der Waals surface area contributed by atoms with Crippen LogP contribution in [-0.4, -0.2) is 45.6 Å². The van der Waals surface area contributed by atoms with Crippen LogP contribution in [0.2, 0.25) is 0 Å². The van der Waals surface area contributed by atoms with Crippen LogP contribution in [0.25, 0.3) is 11.0 Å². The number of hydrogen-bond acceptors (Lipinski definition) is 5. The van der Waals surface area contributed by atoms with Crippen molar-refractivity contribution in [3.8, 4) is 6.07 Å². The van der Waals surface area contributed by atoms with Crippen LogP contribution in [0.3, 0.4) is 0 Å². The van der Waals surface area contributed by atoms with Gasteiger partial charge in [0.15, 0.2) is 5.82 Å². The Balaban J connectivity index is 1.32. The highest BCUT2D eigenvalue weighted by atomic mass is 15.3. The van der Waals surface area contributed by atoms with Gasteiger partial charge in [0.2, 0.25) is 0 Å². The van der Waals surface area contributed by atoms with Crippen molar-refractivity contribution in [2.24, 2.45) is 0 Å². The van der Waals surface area contributed by atoms with E-state index < -0.39 is 0 Å². The maximum atomic E-state index is 9.85. The number of hydrogen-bond donors (Lipinski definition) is 0. The van der Waals surface area contributed by atoms with E-state index in [4.69, 9.17) is 4.98 Å². The molecular formula is C28H28N6. The lowest BCUT2D eigenvalue weighted by atomic mass is 9.96. The van der Waals surface area contributed by atoms with E-state index in [1.165, 1.54) is 11.1 Å². The summed E-state index contributed by atoms with van der Waals surface area (Å²) in [4.78, 5) is 14.2. The van der Waals surface area contributed by atoms with E-state index in [9.17, 15) is 5.26 Å². The smallest absolute Gasteiger partial charge is 0.156 e.